The van der Waals surface area contributed by atoms with Crippen LogP contribution >= 0.6 is 0 Å². The lowest BCUT2D eigenvalue weighted by atomic mass is 10.0. The Bertz CT molecular complexity index is 526. The molecule has 0 spiro atoms. The minimum absolute atomic E-state index is 0.0977. The van der Waals surface area contributed by atoms with Crippen molar-refractivity contribution >= 4 is 33.4 Å². The molecule has 0 aliphatic heterocycles. The number of nitrogens with one attached hydrogen (secondary N) is 1. The van der Waals surface area contributed by atoms with E-state index in [-0.39, 0.29) is 24.5 Å². The SMILES string of the molecule is CCC[C@H](NC(=O)C1CCC(S(=O)(=O)O)C1)C(C)=O.O=S=O. The molecule has 0 bridgehead atoms. The predicted octanol–water partition coefficient (Wildman–Crippen LogP) is 0.247. The zero-order valence-electron chi connectivity index (χ0n) is 12.5. The van der Waals surface area contributed by atoms with Crippen molar-refractivity contribution in [3.63, 3.8) is 0 Å². The molecule has 1 rings (SSSR count). The van der Waals surface area contributed by atoms with Crippen LogP contribution < -0.4 is 5.32 Å². The lowest BCUT2D eigenvalue weighted by Gasteiger charge is -2.18. The van der Waals surface area contributed by atoms with Crippen LogP contribution in [0, 0.1) is 5.92 Å². The Morgan fingerprint density at radius 3 is 2.23 bits per heavy atom. The van der Waals surface area contributed by atoms with Gasteiger partial charge in [-0.25, -0.2) is 0 Å². The molecule has 10 heteroatoms. The quantitative estimate of drug-likeness (QED) is 0.652. The third-order valence-electron chi connectivity index (χ3n) is 3.56. The molecule has 0 aromatic carbocycles. The van der Waals surface area contributed by atoms with Crippen LogP contribution in [0.25, 0.3) is 0 Å². The summed E-state index contributed by atoms with van der Waals surface area (Å²) in [5.41, 5.74) is 0. The molecule has 1 fully saturated rings. The van der Waals surface area contributed by atoms with E-state index >= 15 is 0 Å². The monoisotopic (exact) mass is 355 g/mol. The highest BCUT2D eigenvalue weighted by atomic mass is 32.2. The molecule has 22 heavy (non-hydrogen) atoms. The molecule has 1 amide bonds. The third-order valence-corrected chi connectivity index (χ3v) is 4.83. The summed E-state index contributed by atoms with van der Waals surface area (Å²) >= 11 is -0.750. The molecule has 0 aromatic rings. The molecular weight excluding hydrogens is 334 g/mol. The molecule has 1 saturated carbocycles. The first-order valence-electron chi connectivity index (χ1n) is 6.86. The van der Waals surface area contributed by atoms with E-state index in [2.05, 4.69) is 5.32 Å². The maximum absolute atomic E-state index is 12.0. The number of hydrogen-bond donors (Lipinski definition) is 2. The normalized spacial score (nSPS) is 22.1. The number of Topliss-reactive ketones (excluding diaryl/α,β-unsaturated/α-hetero) is 1. The Morgan fingerprint density at radius 1 is 1.32 bits per heavy atom. The van der Waals surface area contributed by atoms with E-state index in [1.165, 1.54) is 6.92 Å². The summed E-state index contributed by atoms with van der Waals surface area (Å²) in [6.07, 6.45) is 2.20. The van der Waals surface area contributed by atoms with Crippen molar-refractivity contribution < 1.29 is 31.0 Å². The summed E-state index contributed by atoms with van der Waals surface area (Å²) in [6, 6.07) is -0.498. The van der Waals surface area contributed by atoms with Crippen LogP contribution in [0.2, 0.25) is 0 Å². The van der Waals surface area contributed by atoms with Crippen molar-refractivity contribution in [2.75, 3.05) is 0 Å². The molecule has 3 atom stereocenters. The van der Waals surface area contributed by atoms with E-state index in [9.17, 15) is 18.0 Å². The summed E-state index contributed by atoms with van der Waals surface area (Å²) in [5.74, 6) is -0.829. The summed E-state index contributed by atoms with van der Waals surface area (Å²) in [5, 5.41) is 1.81. The molecule has 8 nitrogen and oxygen atoms in total. The van der Waals surface area contributed by atoms with Gasteiger partial charge in [0.05, 0.1) is 11.3 Å². The van der Waals surface area contributed by atoms with E-state index in [1.807, 2.05) is 6.92 Å². The summed E-state index contributed by atoms with van der Waals surface area (Å²) in [6.45, 7) is 3.35. The maximum Gasteiger partial charge on any atom is 0.335 e. The summed E-state index contributed by atoms with van der Waals surface area (Å²) in [4.78, 5) is 23.3. The number of rotatable bonds is 6. The van der Waals surface area contributed by atoms with Gasteiger partial charge in [0.15, 0.2) is 5.78 Å². The topological polar surface area (TPSA) is 135 Å². The second-order valence-electron chi connectivity index (χ2n) is 5.18. The van der Waals surface area contributed by atoms with Gasteiger partial charge in [-0.2, -0.15) is 16.8 Å². The zero-order valence-corrected chi connectivity index (χ0v) is 14.1. The van der Waals surface area contributed by atoms with Crippen LogP contribution in [-0.2, 0) is 31.3 Å². The maximum atomic E-state index is 12.0. The van der Waals surface area contributed by atoms with Crippen LogP contribution in [0.4, 0.5) is 0 Å². The molecule has 1 aliphatic rings. The second-order valence-corrected chi connectivity index (χ2v) is 7.01. The fraction of sp³-hybridized carbons (Fsp3) is 0.833. The molecule has 2 unspecified atom stereocenters. The van der Waals surface area contributed by atoms with Gasteiger partial charge >= 0.3 is 11.6 Å². The number of ketones is 1. The van der Waals surface area contributed by atoms with Gasteiger partial charge in [0.1, 0.15) is 0 Å². The van der Waals surface area contributed by atoms with Gasteiger partial charge in [-0.05, 0) is 32.6 Å². The van der Waals surface area contributed by atoms with Gasteiger partial charge in [0.2, 0.25) is 5.91 Å². The van der Waals surface area contributed by atoms with Crippen LogP contribution in [-0.4, -0.2) is 44.4 Å². The van der Waals surface area contributed by atoms with Crippen LogP contribution in [0.1, 0.15) is 46.0 Å². The number of hydrogen-bond acceptors (Lipinski definition) is 6. The van der Waals surface area contributed by atoms with Gasteiger partial charge in [-0.3, -0.25) is 14.1 Å². The minimum Gasteiger partial charge on any atom is -0.346 e. The smallest absolute Gasteiger partial charge is 0.335 e. The van der Waals surface area contributed by atoms with E-state index in [1.54, 1.807) is 0 Å². The Hall–Kier alpha value is -1.13. The fourth-order valence-electron chi connectivity index (χ4n) is 2.40. The Balaban J connectivity index is 0.00000135. The van der Waals surface area contributed by atoms with Crippen LogP contribution in [0.3, 0.4) is 0 Å². The Kier molecular flexibility index (Phi) is 9.30. The predicted molar refractivity (Wildman–Crippen MR) is 79.1 cm³/mol. The molecule has 2 N–H and O–H groups in total. The molecule has 0 radical (unpaired) electrons. The third kappa shape index (κ3) is 7.23. The Morgan fingerprint density at radius 2 is 1.86 bits per heavy atom. The van der Waals surface area contributed by atoms with Gasteiger partial charge in [-0.1, -0.05) is 13.3 Å². The van der Waals surface area contributed by atoms with Gasteiger partial charge < -0.3 is 5.32 Å². The lowest BCUT2D eigenvalue weighted by molar-refractivity contribution is -0.129. The molecule has 0 saturated heterocycles. The first kappa shape index (κ1) is 20.9. The van der Waals surface area contributed by atoms with Gasteiger partial charge in [0, 0.05) is 5.92 Å². The lowest BCUT2D eigenvalue weighted by Crippen LogP contribution is -2.42. The van der Waals surface area contributed by atoms with Crippen molar-refractivity contribution in [3.8, 4) is 0 Å². The van der Waals surface area contributed by atoms with Crippen molar-refractivity contribution in [1.29, 1.82) is 0 Å². The number of carbonyl (C=O) groups is 2. The molecule has 128 valence electrons. The average molecular weight is 355 g/mol. The van der Waals surface area contributed by atoms with Crippen molar-refractivity contribution in [2.24, 2.45) is 5.92 Å². The van der Waals surface area contributed by atoms with Crippen molar-refractivity contribution in [3.05, 3.63) is 0 Å². The highest BCUT2D eigenvalue weighted by molar-refractivity contribution is 7.86. The molecule has 0 heterocycles. The largest absolute Gasteiger partial charge is 0.346 e. The van der Waals surface area contributed by atoms with Gasteiger partial charge in [-0.15, -0.1) is 0 Å². The average Bonchev–Trinajstić information content (AvgIpc) is 2.88. The second kappa shape index (κ2) is 9.80. The summed E-state index contributed by atoms with van der Waals surface area (Å²) < 4.78 is 47.5. The molecular formula is C12H21NO7S2. The zero-order chi connectivity index (χ0) is 17.3. The highest BCUT2D eigenvalue weighted by Gasteiger charge is 2.37. The fourth-order valence-corrected chi connectivity index (χ4v) is 3.31. The van der Waals surface area contributed by atoms with E-state index in [4.69, 9.17) is 13.0 Å². The van der Waals surface area contributed by atoms with Gasteiger partial charge in [0.25, 0.3) is 10.1 Å². The first-order chi connectivity index (χ1) is 10.2. The highest BCUT2D eigenvalue weighted by Crippen LogP contribution is 2.30. The summed E-state index contributed by atoms with van der Waals surface area (Å²) in [7, 11) is -4.07. The number of carbonyl (C=O) groups excluding carboxylic acids is 2. The molecule has 0 aromatic heterocycles. The first-order valence-corrected chi connectivity index (χ1v) is 9.03. The Labute approximate surface area is 133 Å². The van der Waals surface area contributed by atoms with Crippen molar-refractivity contribution in [1.82, 2.24) is 5.32 Å². The van der Waals surface area contributed by atoms with E-state index in [0.29, 0.717) is 12.8 Å². The van der Waals surface area contributed by atoms with Crippen LogP contribution in [0.5, 0.6) is 0 Å². The van der Waals surface area contributed by atoms with Crippen molar-refractivity contribution in [2.45, 2.75) is 57.2 Å². The standard InChI is InChI=1S/C12H21NO5S.O2S/c1-3-4-11(8(2)14)13-12(15)9-5-6-10(7-9)19(16,17)18;1-3-2/h9-11H,3-7H2,1-2H3,(H,13,15)(H,16,17,18);/t9?,10?,11-;/m0./s1. The number of amides is 1. The van der Waals surface area contributed by atoms with E-state index < -0.39 is 38.9 Å². The van der Waals surface area contributed by atoms with Crippen LogP contribution in [0.15, 0.2) is 0 Å². The molecule has 1 aliphatic carbocycles. The van der Waals surface area contributed by atoms with E-state index in [0.717, 1.165) is 6.42 Å². The minimum atomic E-state index is -4.07.